The third kappa shape index (κ3) is 5.00. The molecule has 3 heterocycles. The molecule has 0 saturated heterocycles. The molecular formula is C33H25N4O4S-. The highest BCUT2D eigenvalue weighted by Crippen LogP contribution is 2.34. The standard InChI is InChI=1S/C33H26N4O4S/c1-22-12-14-26-28(18-22)36(20-23-8-4-2-5-9-23)32(34-26)30-16-17-31(40-30)33-35-27-15-13-25(41-42(38)39)19-29(27)37(33)21-24-10-6-3-7-11-24/h2-19H,20-21H2,1H3,(H,38,39)/p-1. The lowest BCUT2D eigenvalue weighted by atomic mass is 10.2. The molecule has 9 heteroatoms. The zero-order valence-electron chi connectivity index (χ0n) is 22.6. The van der Waals surface area contributed by atoms with Crippen molar-refractivity contribution in [3.05, 3.63) is 126 Å². The molecule has 0 saturated carbocycles. The predicted octanol–water partition coefficient (Wildman–Crippen LogP) is 6.89. The minimum Gasteiger partial charge on any atom is -0.740 e. The van der Waals surface area contributed by atoms with E-state index in [2.05, 4.69) is 35.8 Å². The summed E-state index contributed by atoms with van der Waals surface area (Å²) >= 11 is -2.68. The average Bonchev–Trinajstić information content (AvgIpc) is 3.70. The number of aromatic nitrogens is 4. The van der Waals surface area contributed by atoms with Gasteiger partial charge in [0.2, 0.25) is 0 Å². The topological polar surface area (TPSA) is 98.1 Å². The maximum Gasteiger partial charge on any atom is 0.177 e. The van der Waals surface area contributed by atoms with E-state index in [-0.39, 0.29) is 5.75 Å². The van der Waals surface area contributed by atoms with Gasteiger partial charge in [0, 0.05) is 19.2 Å². The van der Waals surface area contributed by atoms with Gasteiger partial charge in [-0.3, -0.25) is 0 Å². The van der Waals surface area contributed by atoms with Gasteiger partial charge in [0.05, 0.1) is 22.1 Å². The van der Waals surface area contributed by atoms with Gasteiger partial charge in [-0.2, -0.15) is 0 Å². The lowest BCUT2D eigenvalue weighted by Gasteiger charge is -2.10. The van der Waals surface area contributed by atoms with Gasteiger partial charge in [-0.25, -0.2) is 14.2 Å². The fourth-order valence-electron chi connectivity index (χ4n) is 5.27. The summed E-state index contributed by atoms with van der Waals surface area (Å²) in [7, 11) is 0. The van der Waals surface area contributed by atoms with E-state index in [4.69, 9.17) is 18.6 Å². The van der Waals surface area contributed by atoms with Gasteiger partial charge in [0.1, 0.15) is 17.1 Å². The first-order chi connectivity index (χ1) is 20.5. The van der Waals surface area contributed by atoms with Crippen LogP contribution in [0.3, 0.4) is 0 Å². The molecule has 3 aromatic heterocycles. The van der Waals surface area contributed by atoms with Crippen LogP contribution in [0.1, 0.15) is 16.7 Å². The maximum atomic E-state index is 11.2. The molecule has 0 bridgehead atoms. The van der Waals surface area contributed by atoms with Crippen molar-refractivity contribution in [1.82, 2.24) is 19.1 Å². The first-order valence-electron chi connectivity index (χ1n) is 13.4. The lowest BCUT2D eigenvalue weighted by molar-refractivity contribution is 0.440. The highest BCUT2D eigenvalue weighted by atomic mass is 32.2. The molecule has 0 N–H and O–H groups in total. The fourth-order valence-corrected chi connectivity index (χ4v) is 5.53. The largest absolute Gasteiger partial charge is 0.740 e. The normalized spacial score (nSPS) is 12.2. The summed E-state index contributed by atoms with van der Waals surface area (Å²) in [5.41, 5.74) is 6.71. The smallest absolute Gasteiger partial charge is 0.177 e. The first-order valence-corrected chi connectivity index (χ1v) is 14.4. The van der Waals surface area contributed by atoms with Crippen molar-refractivity contribution in [3.8, 4) is 28.9 Å². The van der Waals surface area contributed by atoms with Crippen LogP contribution in [0.5, 0.6) is 5.75 Å². The van der Waals surface area contributed by atoms with Crippen LogP contribution >= 0.6 is 0 Å². The third-order valence-corrected chi connectivity index (χ3v) is 7.53. The summed E-state index contributed by atoms with van der Waals surface area (Å²) in [5, 5.41) is 0. The van der Waals surface area contributed by atoms with Gasteiger partial charge in [0.15, 0.2) is 23.2 Å². The molecule has 0 aliphatic rings. The molecule has 4 aromatic carbocycles. The first kappa shape index (κ1) is 25.9. The maximum absolute atomic E-state index is 11.2. The molecule has 1 unspecified atom stereocenters. The molecule has 7 rings (SSSR count). The molecule has 0 fully saturated rings. The van der Waals surface area contributed by atoms with Crippen molar-refractivity contribution >= 4 is 33.4 Å². The summed E-state index contributed by atoms with van der Waals surface area (Å²) in [6.45, 7) is 3.22. The van der Waals surface area contributed by atoms with Crippen LogP contribution < -0.4 is 4.18 Å². The zero-order valence-corrected chi connectivity index (χ0v) is 23.5. The quantitative estimate of drug-likeness (QED) is 0.184. The second kappa shape index (κ2) is 10.8. The van der Waals surface area contributed by atoms with Crippen molar-refractivity contribution in [2.75, 3.05) is 0 Å². The number of hydrogen-bond donors (Lipinski definition) is 0. The second-order valence-electron chi connectivity index (χ2n) is 10.1. The second-order valence-corrected chi connectivity index (χ2v) is 10.7. The van der Waals surface area contributed by atoms with Crippen LogP contribution in [-0.4, -0.2) is 27.9 Å². The van der Waals surface area contributed by atoms with Crippen LogP contribution in [0.15, 0.2) is 114 Å². The van der Waals surface area contributed by atoms with Crippen molar-refractivity contribution in [3.63, 3.8) is 0 Å². The Hall–Kier alpha value is -4.99. The Morgan fingerprint density at radius 3 is 1.79 bits per heavy atom. The van der Waals surface area contributed by atoms with Crippen LogP contribution in [0, 0.1) is 6.92 Å². The molecule has 0 radical (unpaired) electrons. The molecule has 208 valence electrons. The lowest BCUT2D eigenvalue weighted by Crippen LogP contribution is -2.03. The van der Waals surface area contributed by atoms with Gasteiger partial charge in [-0.05, 0) is 60.0 Å². The summed E-state index contributed by atoms with van der Waals surface area (Å²) in [4.78, 5) is 9.85. The molecule has 0 aliphatic carbocycles. The van der Waals surface area contributed by atoms with E-state index in [1.165, 1.54) is 0 Å². The molecule has 42 heavy (non-hydrogen) atoms. The minimum atomic E-state index is -2.68. The number of nitrogens with zero attached hydrogens (tertiary/aromatic N) is 4. The summed E-state index contributed by atoms with van der Waals surface area (Å²) in [5.74, 6) is 2.74. The Morgan fingerprint density at radius 1 is 0.714 bits per heavy atom. The number of hydrogen-bond acceptors (Lipinski definition) is 6. The predicted molar refractivity (Wildman–Crippen MR) is 162 cm³/mol. The van der Waals surface area contributed by atoms with Gasteiger partial charge in [0.25, 0.3) is 0 Å². The Labute approximate surface area is 244 Å². The van der Waals surface area contributed by atoms with E-state index < -0.39 is 11.4 Å². The Bertz CT molecular complexity index is 2060. The number of aryl methyl sites for hydroxylation is 1. The van der Waals surface area contributed by atoms with E-state index in [0.717, 1.165) is 39.1 Å². The van der Waals surface area contributed by atoms with Crippen molar-refractivity contribution in [2.24, 2.45) is 0 Å². The van der Waals surface area contributed by atoms with Crippen molar-refractivity contribution in [2.45, 2.75) is 20.0 Å². The molecule has 0 amide bonds. The van der Waals surface area contributed by atoms with Crippen molar-refractivity contribution < 1.29 is 17.4 Å². The molecule has 8 nitrogen and oxygen atoms in total. The molecule has 1 atom stereocenters. The van der Waals surface area contributed by atoms with E-state index >= 15 is 0 Å². The Kier molecular flexibility index (Phi) is 6.65. The molecule has 0 aliphatic heterocycles. The highest BCUT2D eigenvalue weighted by Gasteiger charge is 2.21. The third-order valence-electron chi connectivity index (χ3n) is 7.20. The number of benzene rings is 4. The van der Waals surface area contributed by atoms with Gasteiger partial charge < -0.3 is 22.3 Å². The van der Waals surface area contributed by atoms with E-state index in [9.17, 15) is 8.76 Å². The number of rotatable bonds is 8. The monoisotopic (exact) mass is 573 g/mol. The van der Waals surface area contributed by atoms with Crippen LogP contribution in [0.25, 0.3) is 45.2 Å². The van der Waals surface area contributed by atoms with E-state index in [1.807, 2.05) is 71.3 Å². The Balaban J connectivity index is 1.35. The molecule has 7 aromatic rings. The van der Waals surface area contributed by atoms with Crippen LogP contribution in [0.2, 0.25) is 0 Å². The Morgan fingerprint density at radius 2 is 1.24 bits per heavy atom. The molecule has 0 spiro atoms. The zero-order chi connectivity index (χ0) is 28.6. The van der Waals surface area contributed by atoms with Crippen LogP contribution in [-0.2, 0) is 24.5 Å². The SMILES string of the molecule is Cc1ccc2nc(-c3ccc(-c4nc5ccc(OS(=O)[O-])cc5n4Cc4ccccc4)o3)n(Cc3ccccc3)c2c1. The number of fused-ring (bicyclic) bond motifs is 2. The molecular weight excluding hydrogens is 548 g/mol. The van der Waals surface area contributed by atoms with Gasteiger partial charge in [-0.1, -0.05) is 66.7 Å². The van der Waals surface area contributed by atoms with E-state index in [1.54, 1.807) is 18.2 Å². The fraction of sp³-hybridized carbons (Fsp3) is 0.0909. The average molecular weight is 574 g/mol. The summed E-state index contributed by atoms with van der Waals surface area (Å²) < 4.78 is 38.0. The van der Waals surface area contributed by atoms with E-state index in [0.29, 0.717) is 36.0 Å². The number of furan rings is 1. The summed E-state index contributed by atoms with van der Waals surface area (Å²) in [6.07, 6.45) is 0. The highest BCUT2D eigenvalue weighted by molar-refractivity contribution is 7.74. The van der Waals surface area contributed by atoms with Gasteiger partial charge >= 0.3 is 0 Å². The number of imidazole rings is 2. The van der Waals surface area contributed by atoms with Crippen LogP contribution in [0.4, 0.5) is 0 Å². The van der Waals surface area contributed by atoms with Crippen molar-refractivity contribution in [1.29, 1.82) is 0 Å². The minimum absolute atomic E-state index is 0.210. The summed E-state index contributed by atoms with van der Waals surface area (Å²) in [6, 6.07) is 35.3. The van der Waals surface area contributed by atoms with Gasteiger partial charge in [-0.15, -0.1) is 0 Å².